The highest BCUT2D eigenvalue weighted by molar-refractivity contribution is 14.1. The molecule has 0 aliphatic heterocycles. The standard InChI is InChI=1S/C24H25IN2O4S/c1-17-13-21(25)11-12-23(17)27(32(3,29)30)15-18-7-9-20(10-8-18)24(28)26-22-6-4-5-19(14-22)16-31-2/h4-14H,15-16H2,1-3H3,(H,26,28). The van der Waals surface area contributed by atoms with Gasteiger partial charge in [-0.1, -0.05) is 24.3 Å². The van der Waals surface area contributed by atoms with Crippen molar-refractivity contribution in [3.63, 3.8) is 0 Å². The summed E-state index contributed by atoms with van der Waals surface area (Å²) in [6, 6.07) is 20.1. The molecular weight excluding hydrogens is 539 g/mol. The van der Waals surface area contributed by atoms with E-state index >= 15 is 0 Å². The van der Waals surface area contributed by atoms with Gasteiger partial charge in [-0.05, 0) is 88.7 Å². The average Bonchev–Trinajstić information content (AvgIpc) is 2.73. The number of nitrogens with zero attached hydrogens (tertiary/aromatic N) is 1. The third kappa shape index (κ3) is 6.30. The van der Waals surface area contributed by atoms with Crippen LogP contribution in [-0.2, 0) is 27.9 Å². The molecule has 0 aliphatic rings. The van der Waals surface area contributed by atoms with Crippen molar-refractivity contribution in [2.24, 2.45) is 0 Å². The van der Waals surface area contributed by atoms with Crippen LogP contribution in [0.25, 0.3) is 0 Å². The van der Waals surface area contributed by atoms with Crippen molar-refractivity contribution < 1.29 is 17.9 Å². The zero-order valence-electron chi connectivity index (χ0n) is 18.1. The fourth-order valence-corrected chi connectivity index (χ4v) is 4.91. The summed E-state index contributed by atoms with van der Waals surface area (Å²) in [5.74, 6) is -0.237. The minimum absolute atomic E-state index is 0.182. The van der Waals surface area contributed by atoms with Gasteiger partial charge in [0.15, 0.2) is 0 Å². The zero-order valence-corrected chi connectivity index (χ0v) is 21.1. The van der Waals surface area contributed by atoms with E-state index < -0.39 is 10.0 Å². The number of methoxy groups -OCH3 is 1. The van der Waals surface area contributed by atoms with Crippen LogP contribution < -0.4 is 9.62 Å². The van der Waals surface area contributed by atoms with Crippen LogP contribution in [0.2, 0.25) is 0 Å². The van der Waals surface area contributed by atoms with Crippen molar-refractivity contribution >= 4 is 49.9 Å². The molecule has 6 nitrogen and oxygen atoms in total. The van der Waals surface area contributed by atoms with E-state index in [9.17, 15) is 13.2 Å². The van der Waals surface area contributed by atoms with Gasteiger partial charge in [0.05, 0.1) is 25.1 Å². The monoisotopic (exact) mass is 564 g/mol. The first kappa shape index (κ1) is 24.2. The van der Waals surface area contributed by atoms with Gasteiger partial charge in [-0.15, -0.1) is 0 Å². The molecule has 0 aromatic heterocycles. The van der Waals surface area contributed by atoms with Gasteiger partial charge in [-0.2, -0.15) is 0 Å². The maximum absolute atomic E-state index is 12.6. The summed E-state index contributed by atoms with van der Waals surface area (Å²) in [7, 11) is -1.86. The molecule has 168 valence electrons. The third-order valence-corrected chi connectivity index (χ3v) is 6.66. The molecule has 32 heavy (non-hydrogen) atoms. The van der Waals surface area contributed by atoms with Gasteiger partial charge in [0.2, 0.25) is 10.0 Å². The number of hydrogen-bond donors (Lipinski definition) is 1. The number of nitrogens with one attached hydrogen (secondary N) is 1. The van der Waals surface area contributed by atoms with Gasteiger partial charge in [-0.3, -0.25) is 9.10 Å². The van der Waals surface area contributed by atoms with Crippen LogP contribution >= 0.6 is 22.6 Å². The lowest BCUT2D eigenvalue weighted by molar-refractivity contribution is 0.102. The first-order chi connectivity index (χ1) is 15.2. The summed E-state index contributed by atoms with van der Waals surface area (Å²) >= 11 is 2.20. The van der Waals surface area contributed by atoms with Crippen LogP contribution in [0.3, 0.4) is 0 Å². The molecule has 0 radical (unpaired) electrons. The van der Waals surface area contributed by atoms with Gasteiger partial charge < -0.3 is 10.1 Å². The summed E-state index contributed by atoms with van der Waals surface area (Å²) in [4.78, 5) is 12.6. The number of halogens is 1. The summed E-state index contributed by atoms with van der Waals surface area (Å²) < 4.78 is 32.5. The van der Waals surface area contributed by atoms with E-state index in [0.29, 0.717) is 23.5 Å². The summed E-state index contributed by atoms with van der Waals surface area (Å²) in [5.41, 5.74) is 4.45. The molecule has 0 spiro atoms. The number of sulfonamides is 1. The van der Waals surface area contributed by atoms with Crippen LogP contribution in [0.1, 0.15) is 27.0 Å². The molecule has 0 bridgehead atoms. The minimum Gasteiger partial charge on any atom is -0.380 e. The number of amides is 1. The molecule has 0 fully saturated rings. The molecule has 0 saturated heterocycles. The number of anilines is 2. The molecule has 0 atom stereocenters. The Kier molecular flexibility index (Phi) is 7.91. The first-order valence-electron chi connectivity index (χ1n) is 9.89. The maximum atomic E-state index is 12.6. The number of rotatable bonds is 8. The molecule has 1 N–H and O–H groups in total. The molecule has 8 heteroatoms. The Morgan fingerprint density at radius 3 is 2.38 bits per heavy atom. The van der Waals surface area contributed by atoms with E-state index in [1.807, 2.05) is 49.4 Å². The summed E-state index contributed by atoms with van der Waals surface area (Å²) in [6.45, 7) is 2.54. The number of benzene rings is 3. The predicted molar refractivity (Wildman–Crippen MR) is 136 cm³/mol. The number of ether oxygens (including phenoxy) is 1. The lowest BCUT2D eigenvalue weighted by atomic mass is 10.1. The van der Waals surface area contributed by atoms with Gasteiger partial charge in [0, 0.05) is 21.9 Å². The van der Waals surface area contributed by atoms with Crippen molar-refractivity contribution in [1.82, 2.24) is 0 Å². The number of hydrogen-bond acceptors (Lipinski definition) is 4. The third-order valence-electron chi connectivity index (χ3n) is 4.87. The fourth-order valence-electron chi connectivity index (χ4n) is 3.32. The van der Waals surface area contributed by atoms with Crippen molar-refractivity contribution in [2.45, 2.75) is 20.1 Å². The summed E-state index contributed by atoms with van der Waals surface area (Å²) in [6.07, 6.45) is 1.20. The van der Waals surface area contributed by atoms with E-state index in [-0.39, 0.29) is 12.5 Å². The van der Waals surface area contributed by atoms with Crippen molar-refractivity contribution in [2.75, 3.05) is 23.0 Å². The number of carbonyl (C=O) groups excluding carboxylic acids is 1. The zero-order chi connectivity index (χ0) is 23.3. The molecular formula is C24H25IN2O4S. The quantitative estimate of drug-likeness (QED) is 0.393. The summed E-state index contributed by atoms with van der Waals surface area (Å²) in [5, 5.41) is 2.88. The molecule has 0 aliphatic carbocycles. The average molecular weight is 564 g/mol. The molecule has 3 rings (SSSR count). The van der Waals surface area contributed by atoms with E-state index in [0.717, 1.165) is 20.3 Å². The van der Waals surface area contributed by atoms with E-state index in [2.05, 4.69) is 27.9 Å². The van der Waals surface area contributed by atoms with Crippen LogP contribution in [0.4, 0.5) is 11.4 Å². The SMILES string of the molecule is COCc1cccc(NC(=O)c2ccc(CN(c3ccc(I)cc3C)S(C)(=O)=O)cc2)c1. The smallest absolute Gasteiger partial charge is 0.255 e. The second-order valence-electron chi connectivity index (χ2n) is 7.48. The molecule has 3 aromatic carbocycles. The molecule has 0 unspecified atom stereocenters. The van der Waals surface area contributed by atoms with Crippen LogP contribution in [0, 0.1) is 10.5 Å². The Balaban J connectivity index is 1.76. The predicted octanol–water partition coefficient (Wildman–Crippen LogP) is 4.96. The number of carbonyl (C=O) groups is 1. The largest absolute Gasteiger partial charge is 0.380 e. The highest BCUT2D eigenvalue weighted by Crippen LogP contribution is 2.26. The molecule has 3 aromatic rings. The Morgan fingerprint density at radius 2 is 1.75 bits per heavy atom. The van der Waals surface area contributed by atoms with Crippen molar-refractivity contribution in [3.05, 3.63) is 92.6 Å². The van der Waals surface area contributed by atoms with E-state index in [4.69, 9.17) is 4.74 Å². The number of aryl methyl sites for hydroxylation is 1. The molecule has 1 amide bonds. The van der Waals surface area contributed by atoms with Crippen LogP contribution in [0.15, 0.2) is 66.7 Å². The Hall–Kier alpha value is -2.43. The fraction of sp³-hybridized carbons (Fsp3) is 0.208. The highest BCUT2D eigenvalue weighted by Gasteiger charge is 2.20. The lowest BCUT2D eigenvalue weighted by Crippen LogP contribution is -2.30. The van der Waals surface area contributed by atoms with Gasteiger partial charge in [0.1, 0.15) is 0 Å². The normalized spacial score (nSPS) is 11.2. The minimum atomic E-state index is -3.49. The first-order valence-corrected chi connectivity index (χ1v) is 12.8. The molecule has 0 heterocycles. The Labute approximate surface area is 202 Å². The Bertz CT molecular complexity index is 1210. The van der Waals surface area contributed by atoms with Gasteiger partial charge in [0.25, 0.3) is 5.91 Å². The second-order valence-corrected chi connectivity index (χ2v) is 10.6. The molecule has 0 saturated carbocycles. The van der Waals surface area contributed by atoms with Gasteiger partial charge >= 0.3 is 0 Å². The van der Waals surface area contributed by atoms with E-state index in [1.165, 1.54) is 10.6 Å². The van der Waals surface area contributed by atoms with Crippen LogP contribution in [-0.4, -0.2) is 27.7 Å². The van der Waals surface area contributed by atoms with Crippen molar-refractivity contribution in [1.29, 1.82) is 0 Å². The topological polar surface area (TPSA) is 75.7 Å². The maximum Gasteiger partial charge on any atom is 0.255 e. The van der Waals surface area contributed by atoms with E-state index in [1.54, 1.807) is 31.4 Å². The van der Waals surface area contributed by atoms with Crippen molar-refractivity contribution in [3.8, 4) is 0 Å². The second kappa shape index (κ2) is 10.5. The Morgan fingerprint density at radius 1 is 1.03 bits per heavy atom. The van der Waals surface area contributed by atoms with Crippen LogP contribution in [0.5, 0.6) is 0 Å². The highest BCUT2D eigenvalue weighted by atomic mass is 127. The lowest BCUT2D eigenvalue weighted by Gasteiger charge is -2.24. The van der Waals surface area contributed by atoms with Gasteiger partial charge in [-0.25, -0.2) is 8.42 Å².